The molecule has 3 aromatic rings. The first kappa shape index (κ1) is 16.9. The number of H-pyrrole nitrogens is 1. The van der Waals surface area contributed by atoms with Gasteiger partial charge in [0.1, 0.15) is 11.4 Å². The highest BCUT2D eigenvalue weighted by Gasteiger charge is 2.23. The lowest BCUT2D eigenvalue weighted by Gasteiger charge is -2.21. The highest BCUT2D eigenvalue weighted by Crippen LogP contribution is 2.34. The van der Waals surface area contributed by atoms with Crippen LogP contribution in [0, 0.1) is 0 Å². The van der Waals surface area contributed by atoms with Crippen molar-refractivity contribution in [2.75, 3.05) is 6.61 Å². The lowest BCUT2D eigenvalue weighted by Crippen LogP contribution is -2.30. The number of imidazole rings is 1. The molecule has 5 nitrogen and oxygen atoms in total. The van der Waals surface area contributed by atoms with Crippen LogP contribution in [0.5, 0.6) is 5.75 Å². The third-order valence-electron chi connectivity index (χ3n) is 4.33. The minimum atomic E-state index is -0.456. The van der Waals surface area contributed by atoms with E-state index < -0.39 is 6.04 Å². The van der Waals surface area contributed by atoms with Crippen LogP contribution in [-0.4, -0.2) is 22.5 Å². The molecule has 0 aliphatic carbocycles. The molecule has 7 heteroatoms. The van der Waals surface area contributed by atoms with E-state index in [9.17, 15) is 4.79 Å². The molecule has 1 atom stereocenters. The Morgan fingerprint density at radius 3 is 2.92 bits per heavy atom. The Morgan fingerprint density at radius 1 is 1.23 bits per heavy atom. The summed E-state index contributed by atoms with van der Waals surface area (Å²) < 4.78 is 5.57. The van der Waals surface area contributed by atoms with Crippen LogP contribution in [0.15, 0.2) is 48.9 Å². The molecule has 0 saturated carbocycles. The summed E-state index contributed by atoms with van der Waals surface area (Å²) in [6.07, 6.45) is 3.78. The van der Waals surface area contributed by atoms with E-state index in [2.05, 4.69) is 15.3 Å². The first-order valence-electron chi connectivity index (χ1n) is 8.11. The Balaban J connectivity index is 1.76. The molecule has 132 valence electrons. The van der Waals surface area contributed by atoms with Gasteiger partial charge < -0.3 is 15.0 Å². The number of ether oxygens (including phenoxy) is 1. The Hall–Kier alpha value is -2.50. The highest BCUT2D eigenvalue weighted by molar-refractivity contribution is 6.33. The van der Waals surface area contributed by atoms with Crippen LogP contribution in [0.4, 0.5) is 0 Å². The van der Waals surface area contributed by atoms with Crippen LogP contribution >= 0.6 is 23.2 Å². The Bertz CT molecular complexity index is 957. The van der Waals surface area contributed by atoms with Crippen molar-refractivity contribution in [2.45, 2.75) is 12.5 Å². The first-order chi connectivity index (χ1) is 12.6. The zero-order valence-corrected chi connectivity index (χ0v) is 15.1. The molecule has 1 unspecified atom stereocenters. The predicted molar refractivity (Wildman–Crippen MR) is 100.0 cm³/mol. The van der Waals surface area contributed by atoms with Crippen molar-refractivity contribution in [1.29, 1.82) is 0 Å². The second kappa shape index (κ2) is 7.02. The molecule has 0 fully saturated rings. The largest absolute Gasteiger partial charge is 0.493 e. The molecule has 1 aliphatic rings. The number of carbonyl (C=O) groups is 1. The number of hydrogen-bond acceptors (Lipinski definition) is 3. The van der Waals surface area contributed by atoms with Crippen molar-refractivity contribution in [2.24, 2.45) is 0 Å². The number of nitrogens with zero attached hydrogens (tertiary/aromatic N) is 1. The van der Waals surface area contributed by atoms with Crippen molar-refractivity contribution in [3.63, 3.8) is 0 Å². The molecule has 0 spiro atoms. The summed E-state index contributed by atoms with van der Waals surface area (Å²) in [6.45, 7) is 0.669. The summed E-state index contributed by atoms with van der Waals surface area (Å²) >= 11 is 12.6. The maximum Gasteiger partial charge on any atom is 0.270 e. The van der Waals surface area contributed by atoms with Gasteiger partial charge in [0, 0.05) is 16.5 Å². The maximum absolute atomic E-state index is 12.6. The third kappa shape index (κ3) is 3.28. The van der Waals surface area contributed by atoms with Gasteiger partial charge in [-0.05, 0) is 47.0 Å². The van der Waals surface area contributed by atoms with E-state index in [1.807, 2.05) is 18.2 Å². The number of aromatic nitrogens is 2. The maximum atomic E-state index is 12.6. The molecule has 1 amide bonds. The number of halogens is 2. The number of nitrogens with one attached hydrogen (secondary N) is 2. The van der Waals surface area contributed by atoms with Crippen molar-refractivity contribution >= 4 is 29.1 Å². The van der Waals surface area contributed by atoms with Crippen LogP contribution < -0.4 is 10.1 Å². The fourth-order valence-corrected chi connectivity index (χ4v) is 3.46. The summed E-state index contributed by atoms with van der Waals surface area (Å²) in [4.78, 5) is 19.3. The summed E-state index contributed by atoms with van der Waals surface area (Å²) in [5.74, 6) is 0.602. The Kier molecular flexibility index (Phi) is 4.57. The fraction of sp³-hybridized carbons (Fsp3) is 0.158. The topological polar surface area (TPSA) is 67.0 Å². The molecule has 0 bridgehead atoms. The molecular formula is C19H15Cl2N3O2. The lowest BCUT2D eigenvalue weighted by molar-refractivity contribution is 0.0938. The number of amides is 1. The van der Waals surface area contributed by atoms with Gasteiger partial charge in [0.2, 0.25) is 0 Å². The molecule has 2 N–H and O–H groups in total. The van der Waals surface area contributed by atoms with E-state index in [1.54, 1.807) is 18.2 Å². The van der Waals surface area contributed by atoms with Gasteiger partial charge in [0.15, 0.2) is 0 Å². The van der Waals surface area contributed by atoms with Crippen molar-refractivity contribution < 1.29 is 9.53 Å². The minimum absolute atomic E-state index is 0.278. The average molecular weight is 388 g/mol. The van der Waals surface area contributed by atoms with Gasteiger partial charge in [0.25, 0.3) is 5.91 Å². The molecule has 0 saturated heterocycles. The molecule has 2 heterocycles. The van der Waals surface area contributed by atoms with Crippen LogP contribution in [0.25, 0.3) is 0 Å². The zero-order valence-electron chi connectivity index (χ0n) is 13.6. The molecule has 4 rings (SSSR count). The standard InChI is InChI=1S/C19H15Cl2N3O2/c20-13-2-3-15(21)14(8-13)18(24-19(25)16-9-22-10-23-16)12-1-4-17-11(7-12)5-6-26-17/h1-4,7-10,18H,5-6H2,(H,22,23)(H,24,25). The van der Waals surface area contributed by atoms with Gasteiger partial charge in [-0.15, -0.1) is 0 Å². The van der Waals surface area contributed by atoms with Crippen LogP contribution in [0.2, 0.25) is 10.0 Å². The van der Waals surface area contributed by atoms with E-state index in [0.29, 0.717) is 22.3 Å². The van der Waals surface area contributed by atoms with E-state index in [1.165, 1.54) is 12.5 Å². The Labute approximate surface area is 160 Å². The number of benzene rings is 2. The number of hydrogen-bond donors (Lipinski definition) is 2. The number of carbonyl (C=O) groups excluding carboxylic acids is 1. The summed E-state index contributed by atoms with van der Waals surface area (Å²) in [6, 6.07) is 10.7. The van der Waals surface area contributed by atoms with Gasteiger partial charge >= 0.3 is 0 Å². The van der Waals surface area contributed by atoms with E-state index in [0.717, 1.165) is 28.9 Å². The van der Waals surface area contributed by atoms with E-state index >= 15 is 0 Å². The van der Waals surface area contributed by atoms with Crippen LogP contribution in [0.1, 0.15) is 33.2 Å². The third-order valence-corrected chi connectivity index (χ3v) is 4.91. The summed E-state index contributed by atoms with van der Waals surface area (Å²) in [5.41, 5.74) is 3.12. The lowest BCUT2D eigenvalue weighted by atomic mass is 9.96. The van der Waals surface area contributed by atoms with Crippen LogP contribution in [-0.2, 0) is 6.42 Å². The molecule has 2 aromatic carbocycles. The van der Waals surface area contributed by atoms with Gasteiger partial charge in [-0.25, -0.2) is 4.98 Å². The second-order valence-electron chi connectivity index (χ2n) is 6.00. The van der Waals surface area contributed by atoms with Crippen molar-refractivity contribution in [3.05, 3.63) is 81.4 Å². The van der Waals surface area contributed by atoms with E-state index in [4.69, 9.17) is 27.9 Å². The number of rotatable bonds is 4. The molecule has 0 radical (unpaired) electrons. The van der Waals surface area contributed by atoms with E-state index in [-0.39, 0.29) is 5.91 Å². The minimum Gasteiger partial charge on any atom is -0.493 e. The smallest absolute Gasteiger partial charge is 0.270 e. The number of fused-ring (bicyclic) bond motifs is 1. The van der Waals surface area contributed by atoms with Gasteiger partial charge in [-0.2, -0.15) is 0 Å². The zero-order chi connectivity index (χ0) is 18.1. The quantitative estimate of drug-likeness (QED) is 0.705. The molecular weight excluding hydrogens is 373 g/mol. The van der Waals surface area contributed by atoms with Gasteiger partial charge in [-0.1, -0.05) is 29.3 Å². The highest BCUT2D eigenvalue weighted by atomic mass is 35.5. The number of aromatic amines is 1. The van der Waals surface area contributed by atoms with Gasteiger partial charge in [-0.3, -0.25) is 4.79 Å². The van der Waals surface area contributed by atoms with Crippen molar-refractivity contribution in [3.8, 4) is 5.75 Å². The second-order valence-corrected chi connectivity index (χ2v) is 6.85. The fourth-order valence-electron chi connectivity index (χ4n) is 3.05. The molecule has 1 aliphatic heterocycles. The van der Waals surface area contributed by atoms with Gasteiger partial charge in [0.05, 0.1) is 25.2 Å². The molecule has 1 aromatic heterocycles. The average Bonchev–Trinajstić information content (AvgIpc) is 3.32. The van der Waals surface area contributed by atoms with Crippen LogP contribution in [0.3, 0.4) is 0 Å². The summed E-state index contributed by atoms with van der Waals surface area (Å²) in [5, 5.41) is 4.10. The SMILES string of the molecule is O=C(NC(c1ccc2c(c1)CCO2)c1cc(Cl)ccc1Cl)c1cnc[nH]1. The predicted octanol–water partition coefficient (Wildman–Crippen LogP) is 4.17. The summed E-state index contributed by atoms with van der Waals surface area (Å²) in [7, 11) is 0. The Morgan fingerprint density at radius 2 is 2.12 bits per heavy atom. The molecule has 26 heavy (non-hydrogen) atoms. The normalized spacial score (nSPS) is 13.8. The monoisotopic (exact) mass is 387 g/mol. The first-order valence-corrected chi connectivity index (χ1v) is 8.87. The van der Waals surface area contributed by atoms with Crippen molar-refractivity contribution in [1.82, 2.24) is 15.3 Å².